The molecule has 0 saturated carbocycles. The molecule has 2 aromatic heterocycles. The molecule has 0 bridgehead atoms. The Balaban J connectivity index is 1.81. The summed E-state index contributed by atoms with van der Waals surface area (Å²) in [6.45, 7) is 6.75. The zero-order chi connectivity index (χ0) is 19.8. The molecule has 7 nitrogen and oxygen atoms in total. The molecule has 0 aromatic carbocycles. The van der Waals surface area contributed by atoms with E-state index < -0.39 is 11.5 Å². The van der Waals surface area contributed by atoms with E-state index in [1.165, 1.54) is 12.4 Å². The highest BCUT2D eigenvalue weighted by Crippen LogP contribution is 2.32. The largest absolute Gasteiger partial charge is 0.479 e. The number of pyridine rings is 1. The Labute approximate surface area is 163 Å². The van der Waals surface area contributed by atoms with Crippen molar-refractivity contribution in [3.05, 3.63) is 47.0 Å². The summed E-state index contributed by atoms with van der Waals surface area (Å²) < 4.78 is 1.55. The van der Waals surface area contributed by atoms with Crippen molar-refractivity contribution in [1.82, 2.24) is 19.7 Å². The fourth-order valence-corrected chi connectivity index (χ4v) is 3.47. The molecular weight excluding hydrogens is 368 g/mol. The molecule has 0 atom stereocenters. The second-order valence-corrected chi connectivity index (χ2v) is 8.35. The first-order valence-corrected chi connectivity index (χ1v) is 9.21. The minimum Gasteiger partial charge on any atom is -0.479 e. The third kappa shape index (κ3) is 3.69. The zero-order valence-corrected chi connectivity index (χ0v) is 16.4. The van der Waals surface area contributed by atoms with Crippen LogP contribution in [0.5, 0.6) is 0 Å². The van der Waals surface area contributed by atoms with Crippen molar-refractivity contribution in [3.8, 4) is 0 Å². The smallest absolute Gasteiger partial charge is 0.331 e. The Morgan fingerprint density at radius 3 is 2.41 bits per heavy atom. The maximum absolute atomic E-state index is 12.7. The van der Waals surface area contributed by atoms with Gasteiger partial charge in [-0.1, -0.05) is 32.4 Å². The molecule has 0 aliphatic carbocycles. The molecule has 3 rings (SSSR count). The predicted molar refractivity (Wildman–Crippen MR) is 101 cm³/mol. The van der Waals surface area contributed by atoms with E-state index in [0.29, 0.717) is 23.7 Å². The molecule has 1 aliphatic rings. The predicted octanol–water partition coefficient (Wildman–Crippen LogP) is 2.95. The van der Waals surface area contributed by atoms with Gasteiger partial charge in [0.1, 0.15) is 0 Å². The Bertz CT molecular complexity index is 864. The normalized spacial score (nSPS) is 17.0. The van der Waals surface area contributed by atoms with Gasteiger partial charge in [0.2, 0.25) is 0 Å². The highest BCUT2D eigenvalue weighted by Gasteiger charge is 2.45. The van der Waals surface area contributed by atoms with Crippen LogP contribution in [-0.4, -0.2) is 49.7 Å². The molecule has 0 spiro atoms. The van der Waals surface area contributed by atoms with Crippen molar-refractivity contribution < 1.29 is 14.7 Å². The molecule has 27 heavy (non-hydrogen) atoms. The number of aromatic nitrogens is 3. The number of likely N-dealkylation sites (tertiary alicyclic amines) is 1. The summed E-state index contributed by atoms with van der Waals surface area (Å²) in [5.41, 5.74) is -0.0697. The van der Waals surface area contributed by atoms with Crippen LogP contribution in [0.15, 0.2) is 30.7 Å². The molecule has 1 aliphatic heterocycles. The van der Waals surface area contributed by atoms with Gasteiger partial charge in [0, 0.05) is 49.9 Å². The van der Waals surface area contributed by atoms with E-state index in [9.17, 15) is 14.7 Å². The molecule has 0 radical (unpaired) electrons. The number of hydrogen-bond acceptors (Lipinski definition) is 4. The number of halogens is 1. The van der Waals surface area contributed by atoms with Crippen LogP contribution in [0.4, 0.5) is 0 Å². The number of rotatable bonds is 3. The molecule has 1 amide bonds. The average molecular weight is 391 g/mol. The number of nitrogens with zero attached hydrogens (tertiary/aromatic N) is 4. The van der Waals surface area contributed by atoms with Crippen LogP contribution in [0.25, 0.3) is 0 Å². The van der Waals surface area contributed by atoms with E-state index in [1.807, 2.05) is 26.8 Å². The number of carbonyl (C=O) groups excluding carboxylic acids is 1. The maximum atomic E-state index is 12.7. The van der Waals surface area contributed by atoms with Gasteiger partial charge in [-0.2, -0.15) is 5.10 Å². The lowest BCUT2D eigenvalue weighted by Gasteiger charge is -2.39. The summed E-state index contributed by atoms with van der Waals surface area (Å²) in [6.07, 6.45) is 5.23. The van der Waals surface area contributed by atoms with Crippen LogP contribution >= 0.6 is 11.6 Å². The lowest BCUT2D eigenvalue weighted by molar-refractivity contribution is -0.150. The number of aliphatic carboxylic acids is 1. The number of carboxylic acids is 1. The van der Waals surface area contributed by atoms with Crippen LogP contribution < -0.4 is 0 Å². The van der Waals surface area contributed by atoms with Gasteiger partial charge in [-0.05, 0) is 12.1 Å². The highest BCUT2D eigenvalue weighted by molar-refractivity contribution is 6.30. The van der Waals surface area contributed by atoms with Crippen molar-refractivity contribution in [2.75, 3.05) is 13.1 Å². The van der Waals surface area contributed by atoms with Crippen molar-refractivity contribution in [2.24, 2.45) is 0 Å². The SMILES string of the molecule is CC(C)(C)c1ccn(C2(C(=O)O)CCN(C(=O)c3cncc(Cl)c3)CC2)n1. The minimum atomic E-state index is -1.15. The molecular formula is C19H23ClN4O3. The van der Waals surface area contributed by atoms with Crippen LogP contribution in [0.3, 0.4) is 0 Å². The van der Waals surface area contributed by atoms with Gasteiger partial charge >= 0.3 is 5.97 Å². The summed E-state index contributed by atoms with van der Waals surface area (Å²) in [7, 11) is 0. The van der Waals surface area contributed by atoms with E-state index in [4.69, 9.17) is 11.6 Å². The van der Waals surface area contributed by atoms with Crippen LogP contribution in [0, 0.1) is 0 Å². The molecule has 144 valence electrons. The summed E-state index contributed by atoms with van der Waals surface area (Å²) in [6, 6.07) is 3.43. The Kier molecular flexibility index (Phi) is 4.99. The number of carboxylic acid groups (broad SMARTS) is 1. The van der Waals surface area contributed by atoms with Gasteiger partial charge in [-0.25, -0.2) is 4.79 Å². The van der Waals surface area contributed by atoms with Crippen molar-refractivity contribution in [3.63, 3.8) is 0 Å². The first kappa shape index (κ1) is 19.4. The lowest BCUT2D eigenvalue weighted by Crippen LogP contribution is -2.52. The molecule has 3 heterocycles. The van der Waals surface area contributed by atoms with Crippen LogP contribution in [0.1, 0.15) is 49.7 Å². The number of amides is 1. The van der Waals surface area contributed by atoms with E-state index in [1.54, 1.807) is 21.8 Å². The van der Waals surface area contributed by atoms with Gasteiger partial charge in [-0.3, -0.25) is 14.5 Å². The topological polar surface area (TPSA) is 88.3 Å². The molecule has 2 aromatic rings. The number of hydrogen-bond donors (Lipinski definition) is 1. The van der Waals surface area contributed by atoms with Crippen LogP contribution in [0.2, 0.25) is 5.02 Å². The first-order chi connectivity index (χ1) is 12.6. The zero-order valence-electron chi connectivity index (χ0n) is 15.6. The van der Waals surface area contributed by atoms with Gasteiger partial charge < -0.3 is 10.0 Å². The number of carbonyl (C=O) groups is 2. The third-order valence-corrected chi connectivity index (χ3v) is 5.23. The van der Waals surface area contributed by atoms with Crippen molar-refractivity contribution >= 4 is 23.5 Å². The van der Waals surface area contributed by atoms with Gasteiger partial charge in [0.15, 0.2) is 5.54 Å². The maximum Gasteiger partial charge on any atom is 0.331 e. The van der Waals surface area contributed by atoms with Gasteiger partial charge in [-0.15, -0.1) is 0 Å². The Morgan fingerprint density at radius 2 is 1.89 bits per heavy atom. The first-order valence-electron chi connectivity index (χ1n) is 8.83. The average Bonchev–Trinajstić information content (AvgIpc) is 3.12. The summed E-state index contributed by atoms with van der Waals surface area (Å²) in [5, 5.41) is 14.9. The number of piperidine rings is 1. The molecule has 1 saturated heterocycles. The highest BCUT2D eigenvalue weighted by atomic mass is 35.5. The van der Waals surface area contributed by atoms with E-state index >= 15 is 0 Å². The van der Waals surface area contributed by atoms with Gasteiger partial charge in [0.05, 0.1) is 16.3 Å². The summed E-state index contributed by atoms with van der Waals surface area (Å²) >= 11 is 5.91. The Hall–Kier alpha value is -2.41. The minimum absolute atomic E-state index is 0.165. The van der Waals surface area contributed by atoms with Gasteiger partial charge in [0.25, 0.3) is 5.91 Å². The van der Waals surface area contributed by atoms with E-state index in [-0.39, 0.29) is 24.2 Å². The van der Waals surface area contributed by atoms with Crippen molar-refractivity contribution in [1.29, 1.82) is 0 Å². The fraction of sp³-hybridized carbons (Fsp3) is 0.474. The summed E-state index contributed by atoms with van der Waals surface area (Å²) in [5.74, 6) is -1.12. The second kappa shape index (κ2) is 6.96. The van der Waals surface area contributed by atoms with Crippen LogP contribution in [-0.2, 0) is 15.7 Å². The quantitative estimate of drug-likeness (QED) is 0.870. The van der Waals surface area contributed by atoms with Crippen molar-refractivity contribution in [2.45, 2.75) is 44.6 Å². The second-order valence-electron chi connectivity index (χ2n) is 7.92. The molecule has 8 heteroatoms. The molecule has 1 fully saturated rings. The Morgan fingerprint density at radius 1 is 1.22 bits per heavy atom. The van der Waals surface area contributed by atoms with E-state index in [0.717, 1.165) is 5.69 Å². The van der Waals surface area contributed by atoms with E-state index in [2.05, 4.69) is 10.1 Å². The fourth-order valence-electron chi connectivity index (χ4n) is 3.29. The monoisotopic (exact) mass is 390 g/mol. The molecule has 1 N–H and O–H groups in total. The molecule has 0 unspecified atom stereocenters. The standard InChI is InChI=1S/C19H23ClN4O3/c1-18(2,3)15-4-7-24(22-15)19(17(26)27)5-8-23(9-6-19)16(25)13-10-14(20)12-21-11-13/h4,7,10-12H,5-6,8-9H2,1-3H3,(H,26,27). The third-order valence-electron chi connectivity index (χ3n) is 5.02. The summed E-state index contributed by atoms with van der Waals surface area (Å²) in [4.78, 5) is 30.4. The lowest BCUT2D eigenvalue weighted by atomic mass is 9.87.